The van der Waals surface area contributed by atoms with Crippen molar-refractivity contribution in [1.82, 2.24) is 4.90 Å². The summed E-state index contributed by atoms with van der Waals surface area (Å²) in [5.41, 5.74) is 0. The molecule has 0 aromatic carbocycles. The van der Waals surface area contributed by atoms with E-state index >= 15 is 0 Å². The molecule has 1 aliphatic rings. The van der Waals surface area contributed by atoms with Crippen LogP contribution in [0.25, 0.3) is 0 Å². The van der Waals surface area contributed by atoms with Gasteiger partial charge in [-0.2, -0.15) is 0 Å². The van der Waals surface area contributed by atoms with Crippen molar-refractivity contribution in [3.8, 4) is 0 Å². The van der Waals surface area contributed by atoms with Gasteiger partial charge >= 0.3 is 0 Å². The van der Waals surface area contributed by atoms with Crippen LogP contribution in [0.5, 0.6) is 0 Å². The third-order valence-corrected chi connectivity index (χ3v) is 2.79. The summed E-state index contributed by atoms with van der Waals surface area (Å²) in [5, 5.41) is 0. The summed E-state index contributed by atoms with van der Waals surface area (Å²) in [6.45, 7) is 4.00. The summed E-state index contributed by atoms with van der Waals surface area (Å²) >= 11 is 5.49. The maximum atomic E-state index is 11.2. The van der Waals surface area contributed by atoms with Crippen molar-refractivity contribution >= 4 is 17.5 Å². The highest BCUT2D eigenvalue weighted by Gasteiger charge is 2.21. The lowest BCUT2D eigenvalue weighted by Gasteiger charge is -2.31. The number of hydrogen-bond donors (Lipinski definition) is 0. The molecule has 1 aliphatic heterocycles. The van der Waals surface area contributed by atoms with E-state index in [1.165, 1.54) is 12.8 Å². The summed E-state index contributed by atoms with van der Waals surface area (Å²) in [6, 6.07) is 0. The molecule has 0 aromatic rings. The van der Waals surface area contributed by atoms with Crippen LogP contribution in [0.1, 0.15) is 26.2 Å². The van der Waals surface area contributed by atoms with Crippen molar-refractivity contribution in [1.29, 1.82) is 0 Å². The number of likely N-dealkylation sites (tertiary alicyclic amines) is 1. The molecule has 0 bridgehead atoms. The molecule has 0 aromatic heterocycles. The second-order valence-electron chi connectivity index (χ2n) is 3.39. The fourth-order valence-electron chi connectivity index (χ4n) is 1.71. The fourth-order valence-corrected chi connectivity index (χ4v) is 1.88. The van der Waals surface area contributed by atoms with Gasteiger partial charge in [0.1, 0.15) is 5.88 Å². The van der Waals surface area contributed by atoms with Gasteiger partial charge in [-0.1, -0.05) is 13.3 Å². The number of rotatable bonds is 2. The first kappa shape index (κ1) is 9.85. The van der Waals surface area contributed by atoms with Gasteiger partial charge in [0, 0.05) is 13.1 Å². The molecule has 1 amide bonds. The summed E-state index contributed by atoms with van der Waals surface area (Å²) in [5.74, 6) is 0.928. The number of nitrogens with zero attached hydrogens (tertiary/aromatic N) is 1. The molecule has 1 saturated heterocycles. The molecule has 0 spiro atoms. The van der Waals surface area contributed by atoms with Crippen LogP contribution >= 0.6 is 11.6 Å². The Morgan fingerprint density at radius 1 is 1.67 bits per heavy atom. The van der Waals surface area contributed by atoms with Gasteiger partial charge < -0.3 is 4.90 Å². The lowest BCUT2D eigenvalue weighted by atomic mass is 9.96. The van der Waals surface area contributed by atoms with Gasteiger partial charge in [0.05, 0.1) is 0 Å². The van der Waals surface area contributed by atoms with Gasteiger partial charge in [-0.15, -0.1) is 11.6 Å². The van der Waals surface area contributed by atoms with E-state index < -0.39 is 0 Å². The number of piperidine rings is 1. The Hall–Kier alpha value is -0.240. The maximum Gasteiger partial charge on any atom is 0.237 e. The Bertz CT molecular complexity index is 161. The molecule has 0 aliphatic carbocycles. The zero-order chi connectivity index (χ0) is 8.97. The second kappa shape index (κ2) is 4.70. The normalized spacial score (nSPS) is 24.2. The number of hydrogen-bond acceptors (Lipinski definition) is 1. The highest BCUT2D eigenvalue weighted by molar-refractivity contribution is 6.27. The standard InChI is InChI=1S/C9H16ClNO/c1-2-8-4-3-5-11(7-8)9(12)6-10/h8H,2-7H2,1H3. The molecule has 1 fully saturated rings. The number of amides is 1. The van der Waals surface area contributed by atoms with E-state index in [9.17, 15) is 4.79 Å². The molecule has 0 N–H and O–H groups in total. The number of carbonyl (C=O) groups excluding carboxylic acids is 1. The van der Waals surface area contributed by atoms with Crippen molar-refractivity contribution < 1.29 is 4.79 Å². The van der Waals surface area contributed by atoms with Crippen LogP contribution in [0.15, 0.2) is 0 Å². The molecule has 3 heteroatoms. The number of carbonyl (C=O) groups is 1. The predicted octanol–water partition coefficient (Wildman–Crippen LogP) is 1.87. The van der Waals surface area contributed by atoms with Crippen molar-refractivity contribution in [3.63, 3.8) is 0 Å². The van der Waals surface area contributed by atoms with Crippen molar-refractivity contribution in [2.45, 2.75) is 26.2 Å². The molecule has 1 atom stereocenters. The smallest absolute Gasteiger partial charge is 0.237 e. The van der Waals surface area contributed by atoms with Crippen LogP contribution in [0, 0.1) is 5.92 Å². The Labute approximate surface area is 78.9 Å². The van der Waals surface area contributed by atoms with Gasteiger partial charge in [0.2, 0.25) is 5.91 Å². The molecule has 70 valence electrons. The minimum Gasteiger partial charge on any atom is -0.341 e. The summed E-state index contributed by atoms with van der Waals surface area (Å²) in [7, 11) is 0. The van der Waals surface area contributed by atoms with Crippen molar-refractivity contribution in [3.05, 3.63) is 0 Å². The average molecular weight is 190 g/mol. The average Bonchev–Trinajstić information content (AvgIpc) is 2.17. The first-order valence-electron chi connectivity index (χ1n) is 4.61. The van der Waals surface area contributed by atoms with Gasteiger partial charge in [0.15, 0.2) is 0 Å². The first-order valence-corrected chi connectivity index (χ1v) is 5.15. The summed E-state index contributed by atoms with van der Waals surface area (Å²) in [4.78, 5) is 13.1. The zero-order valence-corrected chi connectivity index (χ0v) is 8.31. The largest absolute Gasteiger partial charge is 0.341 e. The van der Waals surface area contributed by atoms with E-state index in [4.69, 9.17) is 11.6 Å². The van der Waals surface area contributed by atoms with E-state index in [2.05, 4.69) is 6.92 Å². The monoisotopic (exact) mass is 189 g/mol. The van der Waals surface area contributed by atoms with Crippen LogP contribution in [0.2, 0.25) is 0 Å². The molecule has 1 heterocycles. The highest BCUT2D eigenvalue weighted by Crippen LogP contribution is 2.19. The number of halogens is 1. The molecule has 1 rings (SSSR count). The van der Waals surface area contributed by atoms with Crippen molar-refractivity contribution in [2.24, 2.45) is 5.92 Å². The van der Waals surface area contributed by atoms with Gasteiger partial charge in [-0.05, 0) is 18.8 Å². The van der Waals surface area contributed by atoms with Crippen LogP contribution < -0.4 is 0 Å². The minimum atomic E-state index is 0.0924. The first-order chi connectivity index (χ1) is 5.77. The van der Waals surface area contributed by atoms with Crippen molar-refractivity contribution in [2.75, 3.05) is 19.0 Å². The Balaban J connectivity index is 2.40. The van der Waals surface area contributed by atoms with E-state index in [-0.39, 0.29) is 11.8 Å². The van der Waals surface area contributed by atoms with E-state index in [1.54, 1.807) is 0 Å². The molecular weight excluding hydrogens is 174 g/mol. The molecule has 2 nitrogen and oxygen atoms in total. The molecule has 0 radical (unpaired) electrons. The summed E-state index contributed by atoms with van der Waals surface area (Å²) in [6.07, 6.45) is 3.58. The maximum absolute atomic E-state index is 11.2. The molecule has 1 unspecified atom stereocenters. The van der Waals surface area contributed by atoms with Gasteiger partial charge in [-0.3, -0.25) is 4.79 Å². The quantitative estimate of drug-likeness (QED) is 0.608. The third kappa shape index (κ3) is 2.37. The lowest BCUT2D eigenvalue weighted by Crippen LogP contribution is -2.40. The predicted molar refractivity (Wildman–Crippen MR) is 50.3 cm³/mol. The molecule has 0 saturated carbocycles. The Morgan fingerprint density at radius 2 is 2.42 bits per heavy atom. The topological polar surface area (TPSA) is 20.3 Å². The highest BCUT2D eigenvalue weighted by atomic mass is 35.5. The van der Waals surface area contributed by atoms with Crippen LogP contribution in [0.4, 0.5) is 0 Å². The zero-order valence-electron chi connectivity index (χ0n) is 7.55. The van der Waals surface area contributed by atoms with E-state index in [0.29, 0.717) is 5.92 Å². The van der Waals surface area contributed by atoms with Gasteiger partial charge in [0.25, 0.3) is 0 Å². The summed E-state index contributed by atoms with van der Waals surface area (Å²) < 4.78 is 0. The SMILES string of the molecule is CCC1CCCN(C(=O)CCl)C1. The van der Waals surface area contributed by atoms with Gasteiger partial charge in [-0.25, -0.2) is 0 Å². The Kier molecular flexibility index (Phi) is 3.86. The second-order valence-corrected chi connectivity index (χ2v) is 3.66. The number of alkyl halides is 1. The fraction of sp³-hybridized carbons (Fsp3) is 0.889. The lowest BCUT2D eigenvalue weighted by molar-refractivity contribution is -0.130. The third-order valence-electron chi connectivity index (χ3n) is 2.56. The van der Waals surface area contributed by atoms with Crippen LogP contribution in [0.3, 0.4) is 0 Å². The Morgan fingerprint density at radius 3 is 3.00 bits per heavy atom. The molecular formula is C9H16ClNO. The minimum absolute atomic E-state index is 0.0924. The molecule has 12 heavy (non-hydrogen) atoms. The van der Waals surface area contributed by atoms with E-state index in [1.807, 2.05) is 4.90 Å². The van der Waals surface area contributed by atoms with Crippen LogP contribution in [-0.2, 0) is 4.79 Å². The van der Waals surface area contributed by atoms with Crippen LogP contribution in [-0.4, -0.2) is 29.8 Å². The van der Waals surface area contributed by atoms with E-state index in [0.717, 1.165) is 19.5 Å².